The number of carbonyl (C=O) groups excluding carboxylic acids is 2. The molecule has 8 nitrogen and oxygen atoms in total. The minimum absolute atomic E-state index is 0.00201. The molecule has 130 valence electrons. The van der Waals surface area contributed by atoms with E-state index in [9.17, 15) is 19.7 Å². The Morgan fingerprint density at radius 2 is 1.84 bits per heavy atom. The summed E-state index contributed by atoms with van der Waals surface area (Å²) >= 11 is 5.90. The summed E-state index contributed by atoms with van der Waals surface area (Å²) in [6.45, 7) is 1.45. The number of hydrogen-bond acceptors (Lipinski definition) is 5. The number of nitro benzene ring substituents is 1. The van der Waals surface area contributed by atoms with Gasteiger partial charge in [-0.1, -0.05) is 29.8 Å². The van der Waals surface area contributed by atoms with Gasteiger partial charge in [-0.25, -0.2) is 0 Å². The summed E-state index contributed by atoms with van der Waals surface area (Å²) in [4.78, 5) is 33.9. The minimum Gasteiger partial charge on any atom is -0.479 e. The molecule has 0 heterocycles. The summed E-state index contributed by atoms with van der Waals surface area (Å²) in [7, 11) is 0. The molecule has 0 unspecified atom stereocenters. The van der Waals surface area contributed by atoms with Crippen LogP contribution < -0.4 is 15.6 Å². The molecule has 0 fully saturated rings. The van der Waals surface area contributed by atoms with Gasteiger partial charge in [0.25, 0.3) is 17.5 Å². The number of nitrogens with one attached hydrogen (secondary N) is 2. The van der Waals surface area contributed by atoms with Crippen molar-refractivity contribution in [2.45, 2.75) is 13.0 Å². The second kappa shape index (κ2) is 8.11. The Morgan fingerprint density at radius 1 is 1.16 bits per heavy atom. The van der Waals surface area contributed by atoms with E-state index in [1.807, 2.05) is 0 Å². The SMILES string of the molecule is C[C@@H](Oc1ccc([N+](=O)[O-])cc1Cl)C(=O)NNC(=O)c1ccccc1. The third kappa shape index (κ3) is 4.92. The number of hydrogen-bond donors (Lipinski definition) is 2. The monoisotopic (exact) mass is 363 g/mol. The Hall–Kier alpha value is -3.13. The van der Waals surface area contributed by atoms with Gasteiger partial charge in [0, 0.05) is 17.7 Å². The van der Waals surface area contributed by atoms with Gasteiger partial charge in [-0.2, -0.15) is 0 Å². The predicted molar refractivity (Wildman–Crippen MR) is 90.2 cm³/mol. The molecule has 2 aromatic carbocycles. The first kappa shape index (κ1) is 18.2. The molecule has 2 amide bonds. The molecular weight excluding hydrogens is 350 g/mol. The van der Waals surface area contributed by atoms with Crippen molar-refractivity contribution in [3.63, 3.8) is 0 Å². The van der Waals surface area contributed by atoms with Crippen LogP contribution in [0.5, 0.6) is 5.75 Å². The summed E-state index contributed by atoms with van der Waals surface area (Å²) < 4.78 is 5.36. The van der Waals surface area contributed by atoms with Crippen LogP contribution in [0.2, 0.25) is 5.02 Å². The van der Waals surface area contributed by atoms with Crippen LogP contribution in [0.25, 0.3) is 0 Å². The number of nitro groups is 1. The molecule has 0 saturated carbocycles. The smallest absolute Gasteiger partial charge is 0.279 e. The van der Waals surface area contributed by atoms with Crippen molar-refractivity contribution in [2.75, 3.05) is 0 Å². The Balaban J connectivity index is 1.92. The zero-order valence-electron chi connectivity index (χ0n) is 13.1. The van der Waals surface area contributed by atoms with Crippen LogP contribution in [-0.2, 0) is 4.79 Å². The van der Waals surface area contributed by atoms with Crippen molar-refractivity contribution in [2.24, 2.45) is 0 Å². The number of non-ortho nitro benzene ring substituents is 1. The molecule has 0 aromatic heterocycles. The molecule has 2 N–H and O–H groups in total. The van der Waals surface area contributed by atoms with Gasteiger partial charge in [0.1, 0.15) is 5.75 Å². The Morgan fingerprint density at radius 3 is 2.44 bits per heavy atom. The zero-order chi connectivity index (χ0) is 18.4. The van der Waals surface area contributed by atoms with E-state index in [-0.39, 0.29) is 16.5 Å². The van der Waals surface area contributed by atoms with Gasteiger partial charge in [-0.3, -0.25) is 30.6 Å². The van der Waals surface area contributed by atoms with E-state index in [2.05, 4.69) is 10.9 Å². The van der Waals surface area contributed by atoms with Crippen LogP contribution in [0, 0.1) is 10.1 Å². The molecule has 1 atom stereocenters. The third-order valence-corrected chi connectivity index (χ3v) is 3.43. The first-order valence-corrected chi connectivity index (χ1v) is 7.52. The molecule has 0 aliphatic rings. The van der Waals surface area contributed by atoms with E-state index in [0.29, 0.717) is 5.56 Å². The Bertz CT molecular complexity index is 798. The molecule has 0 saturated heterocycles. The van der Waals surface area contributed by atoms with Crippen LogP contribution in [0.1, 0.15) is 17.3 Å². The van der Waals surface area contributed by atoms with Gasteiger partial charge >= 0.3 is 0 Å². The van der Waals surface area contributed by atoms with Crippen molar-refractivity contribution >= 4 is 29.1 Å². The normalized spacial score (nSPS) is 11.3. The van der Waals surface area contributed by atoms with Crippen LogP contribution in [-0.4, -0.2) is 22.8 Å². The quantitative estimate of drug-likeness (QED) is 0.626. The van der Waals surface area contributed by atoms with Crippen LogP contribution in [0.4, 0.5) is 5.69 Å². The molecule has 0 aliphatic carbocycles. The van der Waals surface area contributed by atoms with Crippen LogP contribution >= 0.6 is 11.6 Å². The maximum atomic E-state index is 12.0. The number of ether oxygens (including phenoxy) is 1. The highest BCUT2D eigenvalue weighted by Crippen LogP contribution is 2.29. The largest absolute Gasteiger partial charge is 0.479 e. The molecule has 0 bridgehead atoms. The van der Waals surface area contributed by atoms with Crippen molar-refractivity contribution in [1.29, 1.82) is 0 Å². The van der Waals surface area contributed by atoms with Gasteiger partial charge < -0.3 is 4.74 Å². The van der Waals surface area contributed by atoms with Crippen LogP contribution in [0.3, 0.4) is 0 Å². The lowest BCUT2D eigenvalue weighted by atomic mass is 10.2. The fourth-order valence-electron chi connectivity index (χ4n) is 1.82. The summed E-state index contributed by atoms with van der Waals surface area (Å²) in [6, 6.07) is 12.0. The molecule has 2 rings (SSSR count). The minimum atomic E-state index is -0.991. The van der Waals surface area contributed by atoms with Gasteiger partial charge in [0.2, 0.25) is 0 Å². The van der Waals surface area contributed by atoms with E-state index in [0.717, 1.165) is 6.07 Å². The highest BCUT2D eigenvalue weighted by Gasteiger charge is 2.18. The average Bonchev–Trinajstić information content (AvgIpc) is 2.61. The number of benzene rings is 2. The first-order chi connectivity index (χ1) is 11.9. The number of nitrogens with zero attached hydrogens (tertiary/aromatic N) is 1. The fourth-order valence-corrected chi connectivity index (χ4v) is 2.04. The number of amides is 2. The highest BCUT2D eigenvalue weighted by molar-refractivity contribution is 6.32. The van der Waals surface area contributed by atoms with Gasteiger partial charge in [0.05, 0.1) is 9.95 Å². The molecular formula is C16H14ClN3O5. The maximum Gasteiger partial charge on any atom is 0.279 e. The van der Waals surface area contributed by atoms with Gasteiger partial charge in [0.15, 0.2) is 6.10 Å². The Labute approximate surface area is 147 Å². The average molecular weight is 364 g/mol. The van der Waals surface area contributed by atoms with E-state index >= 15 is 0 Å². The van der Waals surface area contributed by atoms with Crippen molar-refractivity contribution in [3.05, 3.63) is 69.2 Å². The lowest BCUT2D eigenvalue weighted by Gasteiger charge is -2.16. The van der Waals surface area contributed by atoms with E-state index in [4.69, 9.17) is 16.3 Å². The Kier molecular flexibility index (Phi) is 5.91. The standard InChI is InChI=1S/C16H14ClN3O5/c1-10(25-14-8-7-12(20(23)24)9-13(14)17)15(21)18-19-16(22)11-5-3-2-4-6-11/h2-10H,1H3,(H,18,21)(H,19,22)/t10-/m1/s1. The maximum absolute atomic E-state index is 12.0. The number of hydrazine groups is 1. The third-order valence-electron chi connectivity index (χ3n) is 3.13. The molecule has 0 aliphatic heterocycles. The van der Waals surface area contributed by atoms with Crippen molar-refractivity contribution < 1.29 is 19.2 Å². The lowest BCUT2D eigenvalue weighted by Crippen LogP contribution is -2.47. The molecule has 9 heteroatoms. The lowest BCUT2D eigenvalue weighted by molar-refractivity contribution is -0.384. The van der Waals surface area contributed by atoms with Gasteiger partial charge in [-0.05, 0) is 25.1 Å². The van der Waals surface area contributed by atoms with Crippen molar-refractivity contribution in [1.82, 2.24) is 10.9 Å². The molecule has 25 heavy (non-hydrogen) atoms. The first-order valence-electron chi connectivity index (χ1n) is 7.14. The summed E-state index contributed by atoms with van der Waals surface area (Å²) in [5, 5.41) is 10.7. The van der Waals surface area contributed by atoms with E-state index < -0.39 is 22.8 Å². The second-order valence-corrected chi connectivity index (χ2v) is 5.35. The number of rotatable bonds is 5. The zero-order valence-corrected chi connectivity index (χ0v) is 13.8. The highest BCUT2D eigenvalue weighted by atomic mass is 35.5. The summed E-state index contributed by atoms with van der Waals surface area (Å²) in [6.07, 6.45) is -0.991. The number of halogens is 1. The predicted octanol–water partition coefficient (Wildman–Crippen LogP) is 2.48. The summed E-state index contributed by atoms with van der Waals surface area (Å²) in [5.74, 6) is -0.975. The van der Waals surface area contributed by atoms with Crippen LogP contribution in [0.15, 0.2) is 48.5 Å². The molecule has 2 aromatic rings. The van der Waals surface area contributed by atoms with E-state index in [1.165, 1.54) is 19.1 Å². The summed E-state index contributed by atoms with van der Waals surface area (Å²) in [5.41, 5.74) is 4.69. The fraction of sp³-hybridized carbons (Fsp3) is 0.125. The topological polar surface area (TPSA) is 111 Å². The molecule has 0 radical (unpaired) electrons. The number of carbonyl (C=O) groups is 2. The van der Waals surface area contributed by atoms with Crippen molar-refractivity contribution in [3.8, 4) is 5.75 Å². The second-order valence-electron chi connectivity index (χ2n) is 4.94. The van der Waals surface area contributed by atoms with E-state index in [1.54, 1.807) is 30.3 Å². The molecule has 0 spiro atoms. The van der Waals surface area contributed by atoms with Gasteiger partial charge in [-0.15, -0.1) is 0 Å².